The molecule has 0 aliphatic rings. The minimum Gasteiger partial charge on any atom is -0.309 e. The van der Waals surface area contributed by atoms with E-state index >= 15 is 0 Å². The molecule has 0 saturated carbocycles. The van der Waals surface area contributed by atoms with Crippen molar-refractivity contribution in [2.75, 3.05) is 18.6 Å². The third-order valence-electron chi connectivity index (χ3n) is 2.86. The van der Waals surface area contributed by atoms with Crippen LogP contribution in [-0.2, 0) is 9.84 Å². The van der Waals surface area contributed by atoms with Crippen LogP contribution in [0.5, 0.6) is 0 Å². The first-order valence-corrected chi connectivity index (χ1v) is 9.41. The molecule has 0 fully saturated rings. The Balaban J connectivity index is 2.74. The summed E-state index contributed by atoms with van der Waals surface area (Å²) in [5.74, 6) is 0.572. The Morgan fingerprint density at radius 1 is 1.37 bits per heavy atom. The SMILES string of the molecule is CCNC(CCCS(C)(=O)=O)c1snnc1C(C)C. The molecule has 1 heterocycles. The molecule has 1 N–H and O–H groups in total. The average Bonchev–Trinajstić information content (AvgIpc) is 2.75. The van der Waals surface area contributed by atoms with Crippen molar-refractivity contribution in [3.8, 4) is 0 Å². The molecule has 0 aliphatic heterocycles. The van der Waals surface area contributed by atoms with E-state index in [0.717, 1.165) is 23.5 Å². The van der Waals surface area contributed by atoms with Crippen LogP contribution in [0, 0.1) is 0 Å². The van der Waals surface area contributed by atoms with Crippen LogP contribution in [-0.4, -0.2) is 36.6 Å². The van der Waals surface area contributed by atoms with E-state index in [1.54, 1.807) is 0 Å². The summed E-state index contributed by atoms with van der Waals surface area (Å²) >= 11 is 1.41. The molecule has 5 nitrogen and oxygen atoms in total. The van der Waals surface area contributed by atoms with Crippen molar-refractivity contribution in [1.29, 1.82) is 0 Å². The second kappa shape index (κ2) is 7.31. The molecule has 0 aliphatic carbocycles. The predicted molar refractivity (Wildman–Crippen MR) is 79.4 cm³/mol. The molecule has 1 aromatic heterocycles. The molecule has 0 spiro atoms. The van der Waals surface area contributed by atoms with E-state index in [1.807, 2.05) is 6.92 Å². The number of rotatable bonds is 8. The van der Waals surface area contributed by atoms with Crippen molar-refractivity contribution in [1.82, 2.24) is 14.9 Å². The lowest BCUT2D eigenvalue weighted by atomic mass is 10.0. The number of hydrogen-bond acceptors (Lipinski definition) is 6. The summed E-state index contributed by atoms with van der Waals surface area (Å²) in [5.41, 5.74) is 1.02. The zero-order chi connectivity index (χ0) is 14.5. The quantitative estimate of drug-likeness (QED) is 0.796. The molecule has 0 radical (unpaired) electrons. The Hall–Kier alpha value is -0.530. The second-order valence-electron chi connectivity index (χ2n) is 5.06. The van der Waals surface area contributed by atoms with Crippen LogP contribution in [0.25, 0.3) is 0 Å². The van der Waals surface area contributed by atoms with Crippen LogP contribution >= 0.6 is 11.5 Å². The summed E-state index contributed by atoms with van der Waals surface area (Å²) in [6.07, 6.45) is 2.74. The molecule has 1 unspecified atom stereocenters. The number of sulfone groups is 1. The lowest BCUT2D eigenvalue weighted by Gasteiger charge is -2.17. The van der Waals surface area contributed by atoms with Gasteiger partial charge in [-0.2, -0.15) is 0 Å². The maximum absolute atomic E-state index is 11.2. The number of nitrogens with one attached hydrogen (secondary N) is 1. The number of hydrogen-bond donors (Lipinski definition) is 1. The summed E-state index contributed by atoms with van der Waals surface area (Å²) in [6.45, 7) is 7.09. The van der Waals surface area contributed by atoms with Gasteiger partial charge in [0.1, 0.15) is 9.84 Å². The van der Waals surface area contributed by atoms with Gasteiger partial charge in [0.2, 0.25) is 0 Å². The van der Waals surface area contributed by atoms with E-state index < -0.39 is 9.84 Å². The smallest absolute Gasteiger partial charge is 0.147 e. The fourth-order valence-electron chi connectivity index (χ4n) is 1.97. The number of nitrogens with zero attached hydrogens (tertiary/aromatic N) is 2. The maximum Gasteiger partial charge on any atom is 0.147 e. The lowest BCUT2D eigenvalue weighted by molar-refractivity contribution is 0.507. The van der Waals surface area contributed by atoms with Crippen molar-refractivity contribution < 1.29 is 8.42 Å². The van der Waals surface area contributed by atoms with Gasteiger partial charge >= 0.3 is 0 Å². The molecule has 0 bridgehead atoms. The lowest BCUT2D eigenvalue weighted by Crippen LogP contribution is -2.22. The summed E-state index contributed by atoms with van der Waals surface area (Å²) in [6, 6.07) is 0.157. The molecular weight excluding hydrogens is 282 g/mol. The van der Waals surface area contributed by atoms with Crippen LogP contribution in [0.3, 0.4) is 0 Å². The standard InChI is InChI=1S/C12H23N3O2S2/c1-5-13-10(7-6-8-19(4,16)17)12-11(9(2)3)14-15-18-12/h9-10,13H,5-8H2,1-4H3. The van der Waals surface area contributed by atoms with Crippen molar-refractivity contribution in [3.05, 3.63) is 10.6 Å². The highest BCUT2D eigenvalue weighted by Gasteiger charge is 2.20. The molecule has 0 amide bonds. The summed E-state index contributed by atoms with van der Waals surface area (Å²) in [4.78, 5) is 1.14. The van der Waals surface area contributed by atoms with Gasteiger partial charge in [0.15, 0.2) is 0 Å². The topological polar surface area (TPSA) is 72.0 Å². The molecule has 110 valence electrons. The van der Waals surface area contributed by atoms with Crippen LogP contribution in [0.2, 0.25) is 0 Å². The van der Waals surface area contributed by atoms with Crippen LogP contribution in [0.1, 0.15) is 56.1 Å². The van der Waals surface area contributed by atoms with Crippen LogP contribution in [0.4, 0.5) is 0 Å². The molecule has 0 saturated heterocycles. The van der Waals surface area contributed by atoms with Crippen LogP contribution < -0.4 is 5.32 Å². The molecular formula is C12H23N3O2S2. The Kier molecular flexibility index (Phi) is 6.35. The maximum atomic E-state index is 11.2. The highest BCUT2D eigenvalue weighted by molar-refractivity contribution is 7.90. The van der Waals surface area contributed by atoms with Crippen molar-refractivity contribution in [2.24, 2.45) is 0 Å². The zero-order valence-electron chi connectivity index (χ0n) is 12.0. The molecule has 1 atom stereocenters. The summed E-state index contributed by atoms with van der Waals surface area (Å²) in [7, 11) is -2.89. The predicted octanol–water partition coefficient (Wildman–Crippen LogP) is 2.14. The van der Waals surface area contributed by atoms with E-state index in [4.69, 9.17) is 0 Å². The highest BCUT2D eigenvalue weighted by Crippen LogP contribution is 2.29. The van der Waals surface area contributed by atoms with Gasteiger partial charge in [-0.25, -0.2) is 8.42 Å². The van der Waals surface area contributed by atoms with Gasteiger partial charge < -0.3 is 5.32 Å². The van der Waals surface area contributed by atoms with Gasteiger partial charge in [-0.05, 0) is 36.8 Å². The van der Waals surface area contributed by atoms with Gasteiger partial charge in [0.05, 0.1) is 10.6 Å². The normalized spacial score (nSPS) is 13.9. The van der Waals surface area contributed by atoms with Crippen molar-refractivity contribution in [3.63, 3.8) is 0 Å². The van der Waals surface area contributed by atoms with Gasteiger partial charge in [-0.3, -0.25) is 0 Å². The van der Waals surface area contributed by atoms with Gasteiger partial charge in [-0.15, -0.1) is 5.10 Å². The van der Waals surface area contributed by atoms with E-state index in [0.29, 0.717) is 12.3 Å². The second-order valence-corrected chi connectivity index (χ2v) is 8.10. The molecule has 1 rings (SSSR count). The summed E-state index contributed by atoms with van der Waals surface area (Å²) in [5, 5.41) is 7.59. The fraction of sp³-hybridized carbons (Fsp3) is 0.833. The third kappa shape index (κ3) is 5.54. The van der Waals surface area contributed by atoms with Gasteiger partial charge in [0, 0.05) is 18.1 Å². The number of aromatic nitrogens is 2. The van der Waals surface area contributed by atoms with Crippen molar-refractivity contribution >= 4 is 21.4 Å². The molecule has 7 heteroatoms. The minimum atomic E-state index is -2.89. The Morgan fingerprint density at radius 3 is 2.58 bits per heavy atom. The highest BCUT2D eigenvalue weighted by atomic mass is 32.2. The van der Waals surface area contributed by atoms with E-state index in [-0.39, 0.29) is 11.8 Å². The Morgan fingerprint density at radius 2 is 2.05 bits per heavy atom. The van der Waals surface area contributed by atoms with E-state index in [9.17, 15) is 8.42 Å². The first-order chi connectivity index (χ1) is 8.85. The van der Waals surface area contributed by atoms with Gasteiger partial charge in [0.25, 0.3) is 0 Å². The van der Waals surface area contributed by atoms with Crippen molar-refractivity contribution in [2.45, 2.75) is 45.6 Å². The largest absolute Gasteiger partial charge is 0.309 e. The molecule has 0 aromatic carbocycles. The third-order valence-corrected chi connectivity index (χ3v) is 4.75. The average molecular weight is 305 g/mol. The molecule has 19 heavy (non-hydrogen) atoms. The van der Waals surface area contributed by atoms with Gasteiger partial charge in [-0.1, -0.05) is 25.3 Å². The zero-order valence-corrected chi connectivity index (χ0v) is 13.6. The molecule has 1 aromatic rings. The monoisotopic (exact) mass is 305 g/mol. The first-order valence-electron chi connectivity index (χ1n) is 6.58. The Labute approximate surface area is 119 Å². The Bertz CT molecular complexity index is 483. The fourth-order valence-corrected chi connectivity index (χ4v) is 3.57. The minimum absolute atomic E-state index is 0.157. The van der Waals surface area contributed by atoms with Crippen LogP contribution in [0.15, 0.2) is 0 Å². The van der Waals surface area contributed by atoms with E-state index in [1.165, 1.54) is 17.8 Å². The summed E-state index contributed by atoms with van der Waals surface area (Å²) < 4.78 is 26.4. The van der Waals surface area contributed by atoms with E-state index in [2.05, 4.69) is 28.8 Å². The first kappa shape index (κ1) is 16.5.